The molecule has 2 rings (SSSR count). The lowest BCUT2D eigenvalue weighted by molar-refractivity contribution is -0.325. The van der Waals surface area contributed by atoms with Gasteiger partial charge in [-0.2, -0.15) is 0 Å². The molecule has 0 spiro atoms. The van der Waals surface area contributed by atoms with Crippen LogP contribution in [0.2, 0.25) is 0 Å². The van der Waals surface area contributed by atoms with Gasteiger partial charge >= 0.3 is 18.0 Å². The molecule has 0 aliphatic heterocycles. The second-order valence-electron chi connectivity index (χ2n) is 7.33. The maximum atomic E-state index is 12.9. The van der Waals surface area contributed by atoms with E-state index >= 15 is 0 Å². The van der Waals surface area contributed by atoms with E-state index in [1.165, 1.54) is 0 Å². The maximum absolute atomic E-state index is 12.9. The number of rotatable bonds is 7. The first kappa shape index (κ1) is 23.8. The van der Waals surface area contributed by atoms with Crippen molar-refractivity contribution >= 4 is 33.8 Å². The number of nitrogens with zero attached hydrogens (tertiary/aromatic N) is 2. The minimum Gasteiger partial charge on any atom is -0.456 e. The average Bonchev–Trinajstić information content (AvgIpc) is 2.99. The van der Waals surface area contributed by atoms with Crippen LogP contribution in [-0.4, -0.2) is 40.0 Å². The van der Waals surface area contributed by atoms with Crippen molar-refractivity contribution in [2.75, 3.05) is 6.61 Å². The minimum absolute atomic E-state index is 0.0103. The predicted molar refractivity (Wildman–Crippen MR) is 103 cm³/mol. The second-order valence-corrected chi connectivity index (χ2v) is 8.33. The van der Waals surface area contributed by atoms with Crippen LogP contribution >= 0.6 is 11.3 Å². The summed E-state index contributed by atoms with van der Waals surface area (Å²) < 4.78 is 47.8. The molecule has 0 bridgehead atoms. The molecular weight excluding hydrogens is 429 g/mol. The number of aldehydes is 1. The van der Waals surface area contributed by atoms with Gasteiger partial charge in [0.1, 0.15) is 15.3 Å². The van der Waals surface area contributed by atoms with Gasteiger partial charge in [-0.1, -0.05) is 6.92 Å². The molecule has 0 N–H and O–H groups in total. The lowest BCUT2D eigenvalue weighted by Crippen LogP contribution is -2.40. The van der Waals surface area contributed by atoms with Gasteiger partial charge in [-0.15, -0.1) is 24.5 Å². The molecule has 0 saturated heterocycles. The highest BCUT2D eigenvalue weighted by atomic mass is 32.1. The zero-order chi connectivity index (χ0) is 22.9. The van der Waals surface area contributed by atoms with Gasteiger partial charge in [0, 0.05) is 6.54 Å². The molecule has 0 unspecified atom stereocenters. The summed E-state index contributed by atoms with van der Waals surface area (Å²) >= 11 is 0.644. The van der Waals surface area contributed by atoms with Gasteiger partial charge in [0.2, 0.25) is 0 Å². The Kier molecular flexibility index (Phi) is 6.92. The van der Waals surface area contributed by atoms with Gasteiger partial charge in [0.05, 0.1) is 24.1 Å². The highest BCUT2D eigenvalue weighted by Crippen LogP contribution is 2.29. The molecule has 0 aromatic carbocycles. The average molecular weight is 450 g/mol. The van der Waals surface area contributed by atoms with Crippen LogP contribution in [0.5, 0.6) is 0 Å². The Morgan fingerprint density at radius 3 is 2.27 bits per heavy atom. The van der Waals surface area contributed by atoms with Gasteiger partial charge in [-0.05, 0) is 27.2 Å². The first-order valence-corrected chi connectivity index (χ1v) is 9.81. The molecule has 2 heterocycles. The van der Waals surface area contributed by atoms with Gasteiger partial charge < -0.3 is 4.74 Å². The fraction of sp³-hybridized carbons (Fsp3) is 0.556. The molecule has 0 fully saturated rings. The molecule has 2 aromatic rings. The van der Waals surface area contributed by atoms with E-state index in [-0.39, 0.29) is 27.2 Å². The molecule has 0 amide bonds. The molecule has 0 aliphatic rings. The fourth-order valence-electron chi connectivity index (χ4n) is 2.74. The SMILES string of the molecule is CCCn1c(=O)c2c(C=O)c(C(=O)OC(C)(C)C)sc2n(CCOC(F)(F)F)c1=O. The molecular formula is C18H21F3N2O6S. The Hall–Kier alpha value is -2.47. The van der Waals surface area contributed by atoms with E-state index in [0.717, 1.165) is 9.13 Å². The van der Waals surface area contributed by atoms with Crippen LogP contribution in [-0.2, 0) is 22.6 Å². The summed E-state index contributed by atoms with van der Waals surface area (Å²) in [6.45, 7) is 5.09. The van der Waals surface area contributed by atoms with Crippen molar-refractivity contribution in [3.05, 3.63) is 31.3 Å². The van der Waals surface area contributed by atoms with Crippen molar-refractivity contribution in [1.82, 2.24) is 9.13 Å². The Morgan fingerprint density at radius 2 is 1.77 bits per heavy atom. The summed E-state index contributed by atoms with van der Waals surface area (Å²) in [7, 11) is 0. The number of alkyl halides is 3. The number of hydrogen-bond donors (Lipinski definition) is 0. The van der Waals surface area contributed by atoms with Crippen LogP contribution in [0, 0.1) is 0 Å². The molecule has 0 radical (unpaired) electrons. The first-order valence-electron chi connectivity index (χ1n) is 9.00. The molecule has 0 saturated carbocycles. The number of esters is 1. The number of carbonyl (C=O) groups excluding carboxylic acids is 2. The number of carbonyl (C=O) groups is 2. The highest BCUT2D eigenvalue weighted by molar-refractivity contribution is 7.20. The monoisotopic (exact) mass is 450 g/mol. The van der Waals surface area contributed by atoms with Crippen LogP contribution in [0.4, 0.5) is 13.2 Å². The zero-order valence-corrected chi connectivity index (χ0v) is 17.6. The number of halogens is 3. The molecule has 2 aromatic heterocycles. The number of aromatic nitrogens is 2. The molecule has 8 nitrogen and oxygen atoms in total. The zero-order valence-electron chi connectivity index (χ0n) is 16.8. The Labute approximate surface area is 172 Å². The molecule has 0 aliphatic carbocycles. The summed E-state index contributed by atoms with van der Waals surface area (Å²) in [5, 5.41) is -0.212. The van der Waals surface area contributed by atoms with Crippen molar-refractivity contribution in [2.24, 2.45) is 0 Å². The molecule has 12 heteroatoms. The van der Waals surface area contributed by atoms with E-state index in [1.54, 1.807) is 27.7 Å². The van der Waals surface area contributed by atoms with Crippen LogP contribution in [0.1, 0.15) is 54.1 Å². The third-order valence-corrected chi connectivity index (χ3v) is 5.03. The molecule has 30 heavy (non-hydrogen) atoms. The van der Waals surface area contributed by atoms with Crippen LogP contribution in [0.25, 0.3) is 10.2 Å². The quantitative estimate of drug-likeness (QED) is 0.475. The van der Waals surface area contributed by atoms with E-state index in [9.17, 15) is 32.3 Å². The van der Waals surface area contributed by atoms with E-state index in [2.05, 4.69) is 4.74 Å². The number of hydrogen-bond acceptors (Lipinski definition) is 7. The number of fused-ring (bicyclic) bond motifs is 1. The van der Waals surface area contributed by atoms with E-state index in [1.807, 2.05) is 0 Å². The minimum atomic E-state index is -4.90. The van der Waals surface area contributed by atoms with Crippen LogP contribution in [0.3, 0.4) is 0 Å². The first-order chi connectivity index (χ1) is 13.8. The van der Waals surface area contributed by atoms with Crippen molar-refractivity contribution in [3.63, 3.8) is 0 Å². The van der Waals surface area contributed by atoms with E-state index in [0.29, 0.717) is 24.0 Å². The maximum Gasteiger partial charge on any atom is 0.522 e. The summed E-state index contributed by atoms with van der Waals surface area (Å²) in [5.41, 5.74) is -2.80. The van der Waals surface area contributed by atoms with Crippen molar-refractivity contribution in [3.8, 4) is 0 Å². The van der Waals surface area contributed by atoms with Gasteiger partial charge in [0.25, 0.3) is 5.56 Å². The smallest absolute Gasteiger partial charge is 0.456 e. The standard InChI is InChI=1S/C18H21F3N2O6S/c1-5-6-22-13(25)11-10(9-24)12(15(26)29-17(2,3)4)30-14(11)23(16(22)27)7-8-28-18(19,20)21/h9H,5-8H2,1-4H3. The fourth-order valence-corrected chi connectivity index (χ4v) is 3.90. The topological polar surface area (TPSA) is 96.6 Å². The van der Waals surface area contributed by atoms with Crippen LogP contribution in [0.15, 0.2) is 9.59 Å². The van der Waals surface area contributed by atoms with Gasteiger partial charge in [-0.25, -0.2) is 9.59 Å². The Morgan fingerprint density at radius 1 is 1.13 bits per heavy atom. The Bertz CT molecular complexity index is 1080. The van der Waals surface area contributed by atoms with Gasteiger partial charge in [0.15, 0.2) is 6.29 Å². The lowest BCUT2D eigenvalue weighted by atomic mass is 10.1. The van der Waals surface area contributed by atoms with Crippen molar-refractivity contribution in [2.45, 2.75) is 59.2 Å². The summed E-state index contributed by atoms with van der Waals surface area (Å²) in [4.78, 5) is 49.6. The van der Waals surface area contributed by atoms with Gasteiger partial charge in [-0.3, -0.25) is 23.5 Å². The predicted octanol–water partition coefficient (Wildman–Crippen LogP) is 2.94. The van der Waals surface area contributed by atoms with Crippen LogP contribution < -0.4 is 11.2 Å². The third-order valence-electron chi connectivity index (χ3n) is 3.82. The van der Waals surface area contributed by atoms with E-state index < -0.39 is 42.3 Å². The summed E-state index contributed by atoms with van der Waals surface area (Å²) in [6, 6.07) is 0. The summed E-state index contributed by atoms with van der Waals surface area (Å²) in [5.74, 6) is -0.877. The second kappa shape index (κ2) is 8.72. The normalized spacial score (nSPS) is 12.4. The van der Waals surface area contributed by atoms with Crippen molar-refractivity contribution in [1.29, 1.82) is 0 Å². The third kappa shape index (κ3) is 5.17. The largest absolute Gasteiger partial charge is 0.522 e. The number of thiophene rings is 1. The lowest BCUT2D eigenvalue weighted by Gasteiger charge is -2.18. The summed E-state index contributed by atoms with van der Waals surface area (Å²) in [6.07, 6.45) is -4.21. The molecule has 166 valence electrons. The Balaban J connectivity index is 2.75. The molecule has 0 atom stereocenters. The van der Waals surface area contributed by atoms with Crippen molar-refractivity contribution < 1.29 is 32.2 Å². The number of ether oxygens (including phenoxy) is 2. The highest BCUT2D eigenvalue weighted by Gasteiger charge is 2.30. The van der Waals surface area contributed by atoms with E-state index in [4.69, 9.17) is 4.74 Å².